The van der Waals surface area contributed by atoms with E-state index in [4.69, 9.17) is 9.15 Å². The van der Waals surface area contributed by atoms with Gasteiger partial charge in [0, 0.05) is 25.7 Å². The zero-order valence-electron chi connectivity index (χ0n) is 19.6. The number of rotatable bonds is 5. The van der Waals surface area contributed by atoms with Gasteiger partial charge in [-0.05, 0) is 23.8 Å². The molecule has 13 heteroatoms. The predicted octanol–water partition coefficient (Wildman–Crippen LogP) is 0.602. The normalized spacial score (nSPS) is 21.2. The highest BCUT2D eigenvalue weighted by Crippen LogP contribution is 2.36. The molecule has 5 amide bonds. The van der Waals surface area contributed by atoms with Crippen LogP contribution in [0.4, 0.5) is 15.0 Å². The molecule has 3 aliphatic heterocycles. The van der Waals surface area contributed by atoms with Crippen molar-refractivity contribution in [3.63, 3.8) is 0 Å². The van der Waals surface area contributed by atoms with Gasteiger partial charge in [0.2, 0.25) is 5.91 Å². The topological polar surface area (TPSA) is 146 Å². The average Bonchev–Trinajstić information content (AvgIpc) is 3.53. The van der Waals surface area contributed by atoms with Gasteiger partial charge in [-0.15, -0.1) is 0 Å². The number of aromatic nitrogens is 1. The Morgan fingerprint density at radius 3 is 2.73 bits per heavy atom. The van der Waals surface area contributed by atoms with E-state index in [1.807, 2.05) is 4.90 Å². The Balaban J connectivity index is 1.36. The zero-order chi connectivity index (χ0) is 25.9. The van der Waals surface area contributed by atoms with Crippen molar-refractivity contribution in [2.24, 2.45) is 0 Å². The van der Waals surface area contributed by atoms with Crippen LogP contribution in [0.15, 0.2) is 34.7 Å². The molecule has 0 unspecified atom stereocenters. The van der Waals surface area contributed by atoms with Crippen LogP contribution in [-0.4, -0.2) is 66.9 Å². The van der Waals surface area contributed by atoms with Gasteiger partial charge in [0.15, 0.2) is 22.7 Å². The Morgan fingerprint density at radius 2 is 2.00 bits per heavy atom. The average molecular weight is 508 g/mol. The first-order valence-corrected chi connectivity index (χ1v) is 11.5. The summed E-state index contributed by atoms with van der Waals surface area (Å²) in [5.74, 6) is -1.71. The van der Waals surface area contributed by atoms with E-state index >= 15 is 0 Å². The van der Waals surface area contributed by atoms with Gasteiger partial charge in [0.25, 0.3) is 11.8 Å². The highest BCUT2D eigenvalue weighted by Gasteiger charge is 2.53. The van der Waals surface area contributed by atoms with Gasteiger partial charge in [0.1, 0.15) is 17.1 Å². The summed E-state index contributed by atoms with van der Waals surface area (Å²) in [7, 11) is 1.30. The van der Waals surface area contributed by atoms with E-state index < -0.39 is 29.2 Å². The van der Waals surface area contributed by atoms with Gasteiger partial charge >= 0.3 is 6.03 Å². The van der Waals surface area contributed by atoms with Crippen LogP contribution in [0.25, 0.3) is 11.1 Å². The second-order valence-electron chi connectivity index (χ2n) is 9.03. The van der Waals surface area contributed by atoms with Crippen LogP contribution in [0.2, 0.25) is 0 Å². The summed E-state index contributed by atoms with van der Waals surface area (Å²) < 4.78 is 25.8. The molecule has 3 N–H and O–H groups in total. The van der Waals surface area contributed by atoms with E-state index in [0.717, 1.165) is 0 Å². The van der Waals surface area contributed by atoms with E-state index in [0.29, 0.717) is 35.6 Å². The minimum atomic E-state index is -1.76. The molecule has 1 atom stereocenters. The summed E-state index contributed by atoms with van der Waals surface area (Å²) in [4.78, 5) is 57.9. The lowest BCUT2D eigenvalue weighted by Crippen LogP contribution is -2.52. The number of ether oxygens (including phenoxy) is 1. The molecule has 190 valence electrons. The second-order valence-corrected chi connectivity index (χ2v) is 9.03. The number of piperazine rings is 1. The molecule has 3 aromatic rings. The fourth-order valence-electron chi connectivity index (χ4n) is 4.96. The lowest BCUT2D eigenvalue weighted by atomic mass is 9.95. The molecular weight excluding hydrogens is 487 g/mol. The molecule has 0 bridgehead atoms. The van der Waals surface area contributed by atoms with Crippen molar-refractivity contribution in [2.75, 3.05) is 38.2 Å². The number of nitrogens with one attached hydrogen (secondary N) is 3. The van der Waals surface area contributed by atoms with Gasteiger partial charge in [0.05, 0.1) is 25.8 Å². The number of carbonyl (C=O) groups excluding carboxylic acids is 4. The molecule has 1 aromatic carbocycles. The third kappa shape index (κ3) is 3.53. The number of hydrogen-bond acceptors (Lipinski definition) is 8. The number of nitrogens with zero attached hydrogens (tertiary/aromatic N) is 3. The van der Waals surface area contributed by atoms with Crippen LogP contribution in [0.1, 0.15) is 21.7 Å². The number of hydrogen-bond donors (Lipinski definition) is 3. The number of amides is 5. The number of carbonyl (C=O) groups is 4. The Morgan fingerprint density at radius 1 is 1.16 bits per heavy atom. The largest absolute Gasteiger partial charge is 0.494 e. The highest BCUT2D eigenvalue weighted by atomic mass is 19.1. The van der Waals surface area contributed by atoms with Crippen LogP contribution in [0, 0.1) is 5.82 Å². The Labute approximate surface area is 208 Å². The fourth-order valence-corrected chi connectivity index (χ4v) is 4.96. The number of urea groups is 1. The van der Waals surface area contributed by atoms with Gasteiger partial charge in [-0.2, -0.15) is 0 Å². The lowest BCUT2D eigenvalue weighted by molar-refractivity contribution is -0.125. The standard InChI is InChI=1S/C24H21FN6O6/c1-36-15-3-2-12-9-31(21(33)19(12)20(15)25)11-24(22(34)28-23(35)29-24)16-8-13-14(37-16)4-5-17(27-13)30-7-6-26-18(32)10-30/h2-5,8H,6-7,9-11H2,1H3,(H,26,32)(H2,28,29,34,35)/t24-/m0/s1. The predicted molar refractivity (Wildman–Crippen MR) is 125 cm³/mol. The SMILES string of the molecule is COc1ccc2c(c1F)C(=O)N(C[C@@]1(c3cc4nc(N5CCNC(=O)C5)ccc4o3)NC(=O)NC1=O)C2. The molecule has 12 nitrogen and oxygen atoms in total. The number of furan rings is 1. The monoisotopic (exact) mass is 508 g/mol. The van der Waals surface area contributed by atoms with Crippen molar-refractivity contribution in [3.05, 3.63) is 53.0 Å². The number of pyridine rings is 1. The second kappa shape index (κ2) is 8.18. The van der Waals surface area contributed by atoms with Crippen molar-refractivity contribution in [1.82, 2.24) is 25.8 Å². The molecule has 0 aliphatic carbocycles. The zero-order valence-corrected chi connectivity index (χ0v) is 19.6. The van der Waals surface area contributed by atoms with E-state index in [1.54, 1.807) is 18.2 Å². The van der Waals surface area contributed by atoms with Gasteiger partial charge < -0.3 is 29.6 Å². The van der Waals surface area contributed by atoms with Crippen molar-refractivity contribution in [2.45, 2.75) is 12.1 Å². The van der Waals surface area contributed by atoms with E-state index in [1.165, 1.54) is 24.1 Å². The molecule has 2 saturated heterocycles. The maximum atomic E-state index is 14.8. The fraction of sp³-hybridized carbons (Fsp3) is 0.292. The smallest absolute Gasteiger partial charge is 0.322 e. The molecule has 37 heavy (non-hydrogen) atoms. The third-order valence-corrected chi connectivity index (χ3v) is 6.79. The summed E-state index contributed by atoms with van der Waals surface area (Å²) in [5.41, 5.74) is -0.717. The van der Waals surface area contributed by atoms with Crippen molar-refractivity contribution < 1.29 is 32.7 Å². The van der Waals surface area contributed by atoms with E-state index in [9.17, 15) is 23.6 Å². The van der Waals surface area contributed by atoms with Crippen LogP contribution in [0.3, 0.4) is 0 Å². The van der Waals surface area contributed by atoms with Crippen LogP contribution in [0.5, 0.6) is 5.75 Å². The Bertz CT molecular complexity index is 1500. The summed E-state index contributed by atoms with van der Waals surface area (Å²) in [6.45, 7) is 0.947. The molecule has 3 aliphatic rings. The highest BCUT2D eigenvalue weighted by molar-refractivity contribution is 6.08. The molecule has 0 radical (unpaired) electrons. The van der Waals surface area contributed by atoms with Crippen LogP contribution in [-0.2, 0) is 21.7 Å². The summed E-state index contributed by atoms with van der Waals surface area (Å²) in [6.07, 6.45) is 0. The molecule has 2 aromatic heterocycles. The minimum absolute atomic E-state index is 0.0274. The number of benzene rings is 1. The number of methoxy groups -OCH3 is 1. The Kier molecular flexibility index (Phi) is 5.03. The first kappa shape index (κ1) is 22.8. The molecule has 2 fully saturated rings. The maximum Gasteiger partial charge on any atom is 0.322 e. The van der Waals surface area contributed by atoms with Crippen molar-refractivity contribution in [3.8, 4) is 5.75 Å². The summed E-state index contributed by atoms with van der Waals surface area (Å²) in [5, 5.41) is 7.55. The van der Waals surface area contributed by atoms with Crippen LogP contribution >= 0.6 is 0 Å². The maximum absolute atomic E-state index is 14.8. The van der Waals surface area contributed by atoms with Gasteiger partial charge in [-0.25, -0.2) is 14.2 Å². The first-order chi connectivity index (χ1) is 17.8. The van der Waals surface area contributed by atoms with E-state index in [2.05, 4.69) is 20.9 Å². The Hall–Kier alpha value is -4.68. The minimum Gasteiger partial charge on any atom is -0.494 e. The third-order valence-electron chi connectivity index (χ3n) is 6.79. The summed E-state index contributed by atoms with van der Waals surface area (Å²) in [6, 6.07) is 7.14. The number of fused-ring (bicyclic) bond motifs is 2. The molecule has 0 saturated carbocycles. The molecule has 6 rings (SSSR count). The number of imide groups is 1. The van der Waals surface area contributed by atoms with Crippen molar-refractivity contribution >= 4 is 40.7 Å². The van der Waals surface area contributed by atoms with Crippen LogP contribution < -0.4 is 25.6 Å². The lowest BCUT2D eigenvalue weighted by Gasteiger charge is -2.28. The molecule has 5 heterocycles. The molecular formula is C24H21FN6O6. The van der Waals surface area contributed by atoms with Gasteiger partial charge in [-0.1, -0.05) is 6.07 Å². The number of halogens is 1. The summed E-state index contributed by atoms with van der Waals surface area (Å²) >= 11 is 0. The molecule has 0 spiro atoms. The van der Waals surface area contributed by atoms with Crippen molar-refractivity contribution in [1.29, 1.82) is 0 Å². The first-order valence-electron chi connectivity index (χ1n) is 11.5. The quantitative estimate of drug-likeness (QED) is 0.425. The van der Waals surface area contributed by atoms with Gasteiger partial charge in [-0.3, -0.25) is 19.7 Å². The number of anilines is 1. The van der Waals surface area contributed by atoms with E-state index in [-0.39, 0.29) is 42.6 Å².